The van der Waals surface area contributed by atoms with Gasteiger partial charge in [0.2, 0.25) is 0 Å². The van der Waals surface area contributed by atoms with Crippen LogP contribution in [0.1, 0.15) is 53.3 Å². The molecule has 0 aliphatic carbocycles. The quantitative estimate of drug-likeness (QED) is 0.354. The molecule has 0 amide bonds. The number of hydrogen-bond acceptors (Lipinski definition) is 4. The Morgan fingerprint density at radius 2 is 1.88 bits per heavy atom. The number of hydrogen-bond donors (Lipinski definition) is 2. The van der Waals surface area contributed by atoms with E-state index in [1.807, 2.05) is 18.7 Å². The van der Waals surface area contributed by atoms with Crippen LogP contribution in [0.25, 0.3) is 0 Å². The summed E-state index contributed by atoms with van der Waals surface area (Å²) in [5.41, 5.74) is 4.77. The van der Waals surface area contributed by atoms with Gasteiger partial charge in [-0.15, -0.1) is 35.3 Å². The van der Waals surface area contributed by atoms with Gasteiger partial charge in [0.15, 0.2) is 5.96 Å². The van der Waals surface area contributed by atoms with E-state index in [0.29, 0.717) is 6.54 Å². The summed E-state index contributed by atoms with van der Waals surface area (Å²) in [5, 5.41) is 12.5. The number of halogens is 1. The van der Waals surface area contributed by atoms with Gasteiger partial charge in [0.1, 0.15) is 0 Å². The van der Waals surface area contributed by atoms with Gasteiger partial charge < -0.3 is 10.6 Å². The molecule has 0 saturated carbocycles. The number of aromatic nitrogens is 3. The smallest absolute Gasteiger partial charge is 0.191 e. The second-order valence-electron chi connectivity index (χ2n) is 5.99. The van der Waals surface area contributed by atoms with Crippen LogP contribution in [0.2, 0.25) is 0 Å². The number of thiazole rings is 1. The van der Waals surface area contributed by atoms with Crippen molar-refractivity contribution < 1.29 is 0 Å². The Hall–Kier alpha value is -1.16. The maximum atomic E-state index is 4.79. The van der Waals surface area contributed by atoms with Crippen LogP contribution in [-0.2, 0) is 33.0 Å². The SMILES string of the molecule is CCNC(=NCc1c(CC)nn(C)c1CC)NCc1sc(C)nc1C.I. The van der Waals surface area contributed by atoms with E-state index in [4.69, 9.17) is 4.99 Å². The van der Waals surface area contributed by atoms with E-state index < -0.39 is 0 Å². The Morgan fingerprint density at radius 3 is 2.42 bits per heavy atom. The first-order chi connectivity index (χ1) is 12.0. The molecule has 0 aromatic carbocycles. The highest BCUT2D eigenvalue weighted by Crippen LogP contribution is 2.17. The largest absolute Gasteiger partial charge is 0.357 e. The van der Waals surface area contributed by atoms with E-state index in [-0.39, 0.29) is 24.0 Å². The van der Waals surface area contributed by atoms with Gasteiger partial charge >= 0.3 is 0 Å². The summed E-state index contributed by atoms with van der Waals surface area (Å²) in [4.78, 5) is 10.5. The maximum absolute atomic E-state index is 4.79. The van der Waals surface area contributed by atoms with Crippen molar-refractivity contribution >= 4 is 41.3 Å². The van der Waals surface area contributed by atoms with E-state index >= 15 is 0 Å². The summed E-state index contributed by atoms with van der Waals surface area (Å²) in [5.74, 6) is 0.834. The average molecular weight is 490 g/mol. The Labute approximate surface area is 177 Å². The predicted molar refractivity (Wildman–Crippen MR) is 121 cm³/mol. The van der Waals surface area contributed by atoms with Crippen molar-refractivity contribution in [2.24, 2.45) is 12.0 Å². The zero-order chi connectivity index (χ0) is 18.4. The molecule has 2 aromatic heterocycles. The van der Waals surface area contributed by atoms with Gasteiger partial charge in [-0.05, 0) is 33.6 Å². The number of aliphatic imine (C=N–C) groups is 1. The van der Waals surface area contributed by atoms with Crippen molar-refractivity contribution in [3.8, 4) is 0 Å². The summed E-state index contributed by atoms with van der Waals surface area (Å²) < 4.78 is 1.99. The summed E-state index contributed by atoms with van der Waals surface area (Å²) >= 11 is 1.73. The normalized spacial score (nSPS) is 11.4. The molecule has 2 N–H and O–H groups in total. The number of aryl methyl sites for hydroxylation is 4. The molecule has 0 saturated heterocycles. The van der Waals surface area contributed by atoms with Gasteiger partial charge in [-0.1, -0.05) is 13.8 Å². The highest BCUT2D eigenvalue weighted by atomic mass is 127. The lowest BCUT2D eigenvalue weighted by Gasteiger charge is -2.11. The molecular formula is C18H31IN6S. The van der Waals surface area contributed by atoms with Crippen LogP contribution >= 0.6 is 35.3 Å². The third-order valence-electron chi connectivity index (χ3n) is 4.18. The van der Waals surface area contributed by atoms with Crippen molar-refractivity contribution in [3.05, 3.63) is 32.5 Å². The first kappa shape index (κ1) is 22.9. The number of nitrogens with zero attached hydrogens (tertiary/aromatic N) is 4. The lowest BCUT2D eigenvalue weighted by molar-refractivity contribution is 0.703. The first-order valence-corrected chi connectivity index (χ1v) is 9.80. The van der Waals surface area contributed by atoms with Crippen LogP contribution < -0.4 is 10.6 Å². The van der Waals surface area contributed by atoms with Crippen LogP contribution in [0.3, 0.4) is 0 Å². The van der Waals surface area contributed by atoms with E-state index in [1.165, 1.54) is 16.1 Å². The molecule has 26 heavy (non-hydrogen) atoms. The summed E-state index contributed by atoms with van der Waals surface area (Å²) in [6.07, 6.45) is 1.90. The zero-order valence-corrected chi connectivity index (χ0v) is 19.8. The zero-order valence-electron chi connectivity index (χ0n) is 16.6. The number of guanidine groups is 1. The molecule has 2 rings (SSSR count). The van der Waals surface area contributed by atoms with Crippen molar-refractivity contribution in [2.75, 3.05) is 6.54 Å². The molecule has 0 aliphatic rings. The average Bonchev–Trinajstić information content (AvgIpc) is 3.07. The molecule has 6 nitrogen and oxygen atoms in total. The van der Waals surface area contributed by atoms with E-state index in [9.17, 15) is 0 Å². The first-order valence-electron chi connectivity index (χ1n) is 8.98. The molecule has 2 aromatic rings. The summed E-state index contributed by atoms with van der Waals surface area (Å²) in [6, 6.07) is 0. The predicted octanol–water partition coefficient (Wildman–Crippen LogP) is 3.49. The summed E-state index contributed by atoms with van der Waals surface area (Å²) in [6.45, 7) is 12.7. The van der Waals surface area contributed by atoms with Gasteiger partial charge in [-0.25, -0.2) is 9.98 Å². The third kappa shape index (κ3) is 5.67. The van der Waals surface area contributed by atoms with Gasteiger partial charge in [-0.2, -0.15) is 5.10 Å². The number of nitrogens with one attached hydrogen (secondary N) is 2. The van der Waals surface area contributed by atoms with Crippen LogP contribution in [-0.4, -0.2) is 27.3 Å². The Bertz CT molecular complexity index is 734. The molecule has 0 atom stereocenters. The highest BCUT2D eigenvalue weighted by molar-refractivity contribution is 14.0. The van der Waals surface area contributed by atoms with Gasteiger partial charge in [0.05, 0.1) is 29.5 Å². The van der Waals surface area contributed by atoms with E-state index in [2.05, 4.69) is 48.4 Å². The Morgan fingerprint density at radius 1 is 1.15 bits per heavy atom. The minimum absolute atomic E-state index is 0. The molecule has 0 aliphatic heterocycles. The monoisotopic (exact) mass is 490 g/mol. The molecule has 146 valence electrons. The topological polar surface area (TPSA) is 67.1 Å². The van der Waals surface area contributed by atoms with Gasteiger partial charge in [0, 0.05) is 29.7 Å². The molecular weight excluding hydrogens is 459 g/mol. The molecule has 0 unspecified atom stereocenters. The fourth-order valence-electron chi connectivity index (χ4n) is 2.97. The minimum atomic E-state index is 0. The van der Waals surface area contributed by atoms with Crippen molar-refractivity contribution in [3.63, 3.8) is 0 Å². The molecule has 0 spiro atoms. The van der Waals surface area contributed by atoms with Gasteiger partial charge in [-0.3, -0.25) is 4.68 Å². The third-order valence-corrected chi connectivity index (χ3v) is 5.26. The van der Waals surface area contributed by atoms with Gasteiger partial charge in [0.25, 0.3) is 0 Å². The lowest BCUT2D eigenvalue weighted by Crippen LogP contribution is -2.36. The van der Waals surface area contributed by atoms with Crippen LogP contribution in [0, 0.1) is 13.8 Å². The second-order valence-corrected chi connectivity index (χ2v) is 7.28. The van der Waals surface area contributed by atoms with E-state index in [0.717, 1.165) is 48.3 Å². The minimum Gasteiger partial charge on any atom is -0.357 e. The standard InChI is InChI=1S/C18H30N6S.HI/c1-7-15-14(16(8-2)24(6)23-15)10-20-18(19-9-3)21-11-17-12(4)22-13(5)25-17;/h7-11H2,1-6H3,(H2,19,20,21);1H. The van der Waals surface area contributed by atoms with Crippen molar-refractivity contribution in [1.82, 2.24) is 25.4 Å². The van der Waals surface area contributed by atoms with Crippen molar-refractivity contribution in [1.29, 1.82) is 0 Å². The molecule has 0 radical (unpaired) electrons. The van der Waals surface area contributed by atoms with Crippen LogP contribution in [0.15, 0.2) is 4.99 Å². The van der Waals surface area contributed by atoms with E-state index in [1.54, 1.807) is 11.3 Å². The summed E-state index contributed by atoms with van der Waals surface area (Å²) in [7, 11) is 2.02. The fraction of sp³-hybridized carbons (Fsp3) is 0.611. The fourth-order valence-corrected chi connectivity index (χ4v) is 3.85. The number of rotatable bonds is 7. The highest BCUT2D eigenvalue weighted by Gasteiger charge is 2.13. The van der Waals surface area contributed by atoms with Crippen molar-refractivity contribution in [2.45, 2.75) is 60.5 Å². The van der Waals surface area contributed by atoms with Crippen LogP contribution in [0.4, 0.5) is 0 Å². The molecule has 0 fully saturated rings. The Kier molecular flexibility index (Phi) is 9.56. The molecule has 2 heterocycles. The molecule has 0 bridgehead atoms. The maximum Gasteiger partial charge on any atom is 0.191 e. The van der Waals surface area contributed by atoms with Crippen LogP contribution in [0.5, 0.6) is 0 Å². The molecule has 8 heteroatoms. The lowest BCUT2D eigenvalue weighted by atomic mass is 10.1. The second kappa shape index (κ2) is 10.9. The Balaban J connectivity index is 0.00000338.